The van der Waals surface area contributed by atoms with E-state index < -0.39 is 0 Å². The zero-order valence-corrected chi connectivity index (χ0v) is 11.2. The maximum Gasteiger partial charge on any atom is 0.236 e. The van der Waals surface area contributed by atoms with E-state index in [1.54, 1.807) is 18.6 Å². The fourth-order valence-corrected chi connectivity index (χ4v) is 2.00. The molecule has 0 spiro atoms. The second kappa shape index (κ2) is 5.48. The molecule has 0 bridgehead atoms. The summed E-state index contributed by atoms with van der Waals surface area (Å²) in [5.41, 5.74) is 6.61. The van der Waals surface area contributed by atoms with Crippen LogP contribution in [0.1, 0.15) is 23.9 Å². The van der Waals surface area contributed by atoms with Crippen molar-refractivity contribution in [2.45, 2.75) is 20.8 Å². The Labute approximate surface area is 112 Å². The zero-order valence-electron chi connectivity index (χ0n) is 11.2. The number of rotatable bonds is 3. The van der Waals surface area contributed by atoms with E-state index in [0.29, 0.717) is 0 Å². The van der Waals surface area contributed by atoms with Crippen LogP contribution >= 0.6 is 0 Å². The van der Waals surface area contributed by atoms with Crippen molar-refractivity contribution in [2.75, 3.05) is 0 Å². The molecule has 0 aliphatic heterocycles. The minimum Gasteiger partial charge on any atom is -0.318 e. The standard InChI is InChI=1S/C14H16N4O/c1-10-8-13(9-16-17-12(3)19)11(2)18(10)14-4-6-15-7-5-14/h4-9H,1-3H3,(H,17,19)/b16-9-. The number of hydrogen-bond donors (Lipinski definition) is 1. The lowest BCUT2D eigenvalue weighted by Gasteiger charge is -2.08. The van der Waals surface area contributed by atoms with Crippen LogP contribution in [0.5, 0.6) is 0 Å². The second-order valence-electron chi connectivity index (χ2n) is 4.29. The third-order valence-electron chi connectivity index (χ3n) is 2.82. The van der Waals surface area contributed by atoms with E-state index in [1.807, 2.05) is 32.0 Å². The molecule has 1 amide bonds. The van der Waals surface area contributed by atoms with Crippen molar-refractivity contribution in [1.29, 1.82) is 0 Å². The predicted octanol–water partition coefficient (Wildman–Crippen LogP) is 1.96. The number of aryl methyl sites for hydroxylation is 1. The lowest BCUT2D eigenvalue weighted by Crippen LogP contribution is -2.12. The van der Waals surface area contributed by atoms with Gasteiger partial charge in [0.1, 0.15) is 0 Å². The summed E-state index contributed by atoms with van der Waals surface area (Å²) < 4.78 is 2.12. The zero-order chi connectivity index (χ0) is 13.8. The predicted molar refractivity (Wildman–Crippen MR) is 74.4 cm³/mol. The van der Waals surface area contributed by atoms with Crippen molar-refractivity contribution in [2.24, 2.45) is 5.10 Å². The molecule has 98 valence electrons. The molecule has 0 aliphatic carbocycles. The van der Waals surface area contributed by atoms with Crippen molar-refractivity contribution in [3.8, 4) is 5.69 Å². The summed E-state index contributed by atoms with van der Waals surface area (Å²) in [7, 11) is 0. The maximum atomic E-state index is 10.8. The van der Waals surface area contributed by atoms with Gasteiger partial charge in [0, 0.05) is 42.0 Å². The van der Waals surface area contributed by atoms with Crippen LogP contribution < -0.4 is 5.43 Å². The van der Waals surface area contributed by atoms with Crippen molar-refractivity contribution in [3.05, 3.63) is 47.5 Å². The molecule has 0 radical (unpaired) electrons. The highest BCUT2D eigenvalue weighted by molar-refractivity contribution is 5.83. The molecule has 2 aromatic heterocycles. The summed E-state index contributed by atoms with van der Waals surface area (Å²) in [6.07, 6.45) is 5.18. The molecule has 2 rings (SSSR count). The van der Waals surface area contributed by atoms with Gasteiger partial charge >= 0.3 is 0 Å². The van der Waals surface area contributed by atoms with Crippen LogP contribution in [-0.2, 0) is 4.79 Å². The lowest BCUT2D eigenvalue weighted by molar-refractivity contribution is -0.118. The molecule has 0 saturated heterocycles. The largest absolute Gasteiger partial charge is 0.318 e. The number of carbonyl (C=O) groups excluding carboxylic acids is 1. The SMILES string of the molecule is CC(=O)N/N=C\c1cc(C)n(-c2ccncc2)c1C. The van der Waals surface area contributed by atoms with Gasteiger partial charge in [-0.25, -0.2) is 5.43 Å². The number of hydrogen-bond acceptors (Lipinski definition) is 3. The van der Waals surface area contributed by atoms with Crippen LogP contribution in [-0.4, -0.2) is 21.7 Å². The van der Waals surface area contributed by atoms with Crippen molar-refractivity contribution >= 4 is 12.1 Å². The first kappa shape index (κ1) is 13.0. The van der Waals surface area contributed by atoms with Crippen molar-refractivity contribution in [3.63, 3.8) is 0 Å². The summed E-state index contributed by atoms with van der Waals surface area (Å²) in [6, 6.07) is 5.94. The number of amides is 1. The molecule has 0 fully saturated rings. The number of hydrazone groups is 1. The Hall–Kier alpha value is -2.43. The minimum absolute atomic E-state index is 0.181. The number of aromatic nitrogens is 2. The number of nitrogens with zero attached hydrogens (tertiary/aromatic N) is 3. The molecule has 1 N–H and O–H groups in total. The lowest BCUT2D eigenvalue weighted by atomic mass is 10.2. The molecule has 0 saturated carbocycles. The topological polar surface area (TPSA) is 59.3 Å². The highest BCUT2D eigenvalue weighted by Gasteiger charge is 2.08. The Morgan fingerprint density at radius 1 is 1.37 bits per heavy atom. The van der Waals surface area contributed by atoms with Crippen LogP contribution in [0.25, 0.3) is 5.69 Å². The molecule has 2 aromatic rings. The van der Waals surface area contributed by atoms with Gasteiger partial charge in [0.25, 0.3) is 0 Å². The monoisotopic (exact) mass is 256 g/mol. The summed E-state index contributed by atoms with van der Waals surface area (Å²) in [6.45, 7) is 5.48. The third kappa shape index (κ3) is 2.88. The Morgan fingerprint density at radius 3 is 2.68 bits per heavy atom. The molecular weight excluding hydrogens is 240 g/mol. The Bertz CT molecular complexity index is 614. The molecule has 0 unspecified atom stereocenters. The fraction of sp³-hybridized carbons (Fsp3) is 0.214. The molecule has 0 atom stereocenters. The van der Waals surface area contributed by atoms with E-state index >= 15 is 0 Å². The van der Waals surface area contributed by atoms with Gasteiger partial charge in [-0.3, -0.25) is 9.78 Å². The number of pyridine rings is 1. The van der Waals surface area contributed by atoms with Crippen molar-refractivity contribution < 1.29 is 4.79 Å². The first-order valence-electron chi connectivity index (χ1n) is 5.98. The average molecular weight is 256 g/mol. The molecule has 19 heavy (non-hydrogen) atoms. The Morgan fingerprint density at radius 2 is 2.05 bits per heavy atom. The summed E-state index contributed by atoms with van der Waals surface area (Å²) >= 11 is 0. The van der Waals surface area contributed by atoms with E-state index in [1.165, 1.54) is 6.92 Å². The molecule has 0 aromatic carbocycles. The van der Waals surface area contributed by atoms with E-state index in [2.05, 4.69) is 20.1 Å². The Balaban J connectivity index is 2.35. The fourth-order valence-electron chi connectivity index (χ4n) is 2.00. The van der Waals surface area contributed by atoms with E-state index in [0.717, 1.165) is 22.6 Å². The Kier molecular flexibility index (Phi) is 3.75. The van der Waals surface area contributed by atoms with Crippen LogP contribution in [0.4, 0.5) is 0 Å². The van der Waals surface area contributed by atoms with Gasteiger partial charge in [-0.2, -0.15) is 5.10 Å². The van der Waals surface area contributed by atoms with Gasteiger partial charge in [0.15, 0.2) is 0 Å². The molecule has 5 nitrogen and oxygen atoms in total. The minimum atomic E-state index is -0.181. The van der Waals surface area contributed by atoms with Gasteiger partial charge in [-0.15, -0.1) is 0 Å². The van der Waals surface area contributed by atoms with Gasteiger partial charge in [0.05, 0.1) is 6.21 Å². The smallest absolute Gasteiger partial charge is 0.236 e. The highest BCUT2D eigenvalue weighted by Crippen LogP contribution is 2.18. The summed E-state index contributed by atoms with van der Waals surface area (Å²) in [5.74, 6) is -0.181. The van der Waals surface area contributed by atoms with E-state index in [4.69, 9.17) is 0 Å². The molecule has 0 aliphatic rings. The second-order valence-corrected chi connectivity index (χ2v) is 4.29. The van der Waals surface area contributed by atoms with Gasteiger partial charge in [-0.1, -0.05) is 0 Å². The molecule has 5 heteroatoms. The number of carbonyl (C=O) groups is 1. The van der Waals surface area contributed by atoms with E-state index in [-0.39, 0.29) is 5.91 Å². The molecule has 2 heterocycles. The van der Waals surface area contributed by atoms with Crippen molar-refractivity contribution in [1.82, 2.24) is 15.0 Å². The van der Waals surface area contributed by atoms with Crippen LogP contribution in [0.15, 0.2) is 35.7 Å². The van der Waals surface area contributed by atoms with E-state index in [9.17, 15) is 4.79 Å². The first-order valence-corrected chi connectivity index (χ1v) is 5.98. The highest BCUT2D eigenvalue weighted by atomic mass is 16.2. The normalized spacial score (nSPS) is 10.9. The first-order chi connectivity index (χ1) is 9.09. The number of nitrogens with one attached hydrogen (secondary N) is 1. The van der Waals surface area contributed by atoms with Crippen LogP contribution in [0, 0.1) is 13.8 Å². The molecular formula is C14H16N4O. The van der Waals surface area contributed by atoms with Crippen LogP contribution in [0.3, 0.4) is 0 Å². The summed E-state index contributed by atoms with van der Waals surface area (Å²) in [4.78, 5) is 14.8. The van der Waals surface area contributed by atoms with Gasteiger partial charge in [0.2, 0.25) is 5.91 Å². The average Bonchev–Trinajstić information content (AvgIpc) is 2.65. The third-order valence-corrected chi connectivity index (χ3v) is 2.82. The van der Waals surface area contributed by atoms with Gasteiger partial charge < -0.3 is 4.57 Å². The quantitative estimate of drug-likeness (QED) is 0.674. The summed E-state index contributed by atoms with van der Waals surface area (Å²) in [5, 5.41) is 3.90. The maximum absolute atomic E-state index is 10.8. The van der Waals surface area contributed by atoms with Crippen LogP contribution in [0.2, 0.25) is 0 Å². The van der Waals surface area contributed by atoms with Gasteiger partial charge in [-0.05, 0) is 32.0 Å².